The summed E-state index contributed by atoms with van der Waals surface area (Å²) < 4.78 is 16.5. The molecule has 0 radical (unpaired) electrons. The first kappa shape index (κ1) is 23.3. The fourth-order valence-electron chi connectivity index (χ4n) is 4.66. The van der Waals surface area contributed by atoms with Gasteiger partial charge in [-0.2, -0.15) is 5.10 Å². The quantitative estimate of drug-likeness (QED) is 0.499. The highest BCUT2D eigenvalue weighted by Crippen LogP contribution is 2.44. The highest BCUT2D eigenvalue weighted by Gasteiger charge is 2.45. The molecule has 5 rings (SSSR count). The molecule has 184 valence electrons. The molecule has 1 fully saturated rings. The van der Waals surface area contributed by atoms with Crippen molar-refractivity contribution in [3.05, 3.63) is 83.7 Å². The van der Waals surface area contributed by atoms with Crippen LogP contribution in [0, 0.1) is 5.92 Å². The molecule has 9 nitrogen and oxygen atoms in total. The minimum Gasteiger partial charge on any atom is -0.467 e. The molecular weight excluding hydrogens is 462 g/mol. The van der Waals surface area contributed by atoms with Crippen LogP contribution in [0.3, 0.4) is 0 Å². The van der Waals surface area contributed by atoms with Crippen LogP contribution in [0.5, 0.6) is 0 Å². The zero-order valence-corrected chi connectivity index (χ0v) is 19.7. The predicted molar refractivity (Wildman–Crippen MR) is 131 cm³/mol. The van der Waals surface area contributed by atoms with Gasteiger partial charge in [0.1, 0.15) is 17.6 Å². The zero-order chi connectivity index (χ0) is 25.1. The normalized spacial score (nSPS) is 20.1. The third kappa shape index (κ3) is 4.86. The molecule has 1 N–H and O–H groups in total. The van der Waals surface area contributed by atoms with Gasteiger partial charge >= 0.3 is 5.97 Å². The number of fused-ring (bicyclic) bond motifs is 1. The second-order valence-corrected chi connectivity index (χ2v) is 8.70. The molecule has 0 saturated heterocycles. The number of benzene rings is 1. The molecule has 1 aromatic carbocycles. The molecule has 2 atom stereocenters. The van der Waals surface area contributed by atoms with Crippen molar-refractivity contribution >= 4 is 35.3 Å². The molecule has 0 bridgehead atoms. The number of carbonyl (C=O) groups is 3. The topological polar surface area (TPSA) is 114 Å². The molecule has 2 aromatic heterocycles. The standard InChI is InChI=1S/C27H25N3O6/c1-17(31)28-20-11-9-18(10-12-20)27(33)36-16-24(32)30-26(23-8-4-14-35-23)22-7-2-5-19(25(22)29-30)15-21-6-3-13-34-21/h3-4,6,8-15,22,26H,2,5,7,16H2,1H3,(H,28,31). The number of rotatable bonds is 6. The fourth-order valence-corrected chi connectivity index (χ4v) is 4.66. The number of hydrazone groups is 1. The summed E-state index contributed by atoms with van der Waals surface area (Å²) in [4.78, 5) is 36.9. The minimum absolute atomic E-state index is 0.0351. The zero-order valence-electron chi connectivity index (χ0n) is 19.7. The number of hydrogen-bond donors (Lipinski definition) is 1. The predicted octanol–water partition coefficient (Wildman–Crippen LogP) is 4.81. The Morgan fingerprint density at radius 2 is 1.89 bits per heavy atom. The number of esters is 1. The van der Waals surface area contributed by atoms with Crippen molar-refractivity contribution in [2.75, 3.05) is 11.9 Å². The van der Waals surface area contributed by atoms with E-state index in [-0.39, 0.29) is 17.4 Å². The van der Waals surface area contributed by atoms with E-state index in [1.807, 2.05) is 24.3 Å². The summed E-state index contributed by atoms with van der Waals surface area (Å²) in [5, 5.41) is 8.71. The van der Waals surface area contributed by atoms with Crippen molar-refractivity contribution in [1.82, 2.24) is 5.01 Å². The van der Waals surface area contributed by atoms with Crippen LogP contribution in [0.1, 0.15) is 54.1 Å². The van der Waals surface area contributed by atoms with Crippen molar-refractivity contribution in [3.63, 3.8) is 0 Å². The lowest BCUT2D eigenvalue weighted by Gasteiger charge is -2.27. The Kier molecular flexibility index (Phi) is 6.53. The highest BCUT2D eigenvalue weighted by atomic mass is 16.5. The Morgan fingerprint density at radius 3 is 2.58 bits per heavy atom. The van der Waals surface area contributed by atoms with E-state index in [1.165, 1.54) is 24.1 Å². The number of carbonyl (C=O) groups excluding carboxylic acids is 3. The van der Waals surface area contributed by atoms with Crippen molar-refractivity contribution in [1.29, 1.82) is 0 Å². The molecule has 1 aliphatic carbocycles. The summed E-state index contributed by atoms with van der Waals surface area (Å²) in [5.41, 5.74) is 2.67. The number of furan rings is 2. The summed E-state index contributed by atoms with van der Waals surface area (Å²) in [7, 11) is 0. The maximum Gasteiger partial charge on any atom is 0.338 e. The van der Waals surface area contributed by atoms with Crippen molar-refractivity contribution in [3.8, 4) is 0 Å². The van der Waals surface area contributed by atoms with Gasteiger partial charge in [-0.05, 0) is 79.4 Å². The first-order valence-electron chi connectivity index (χ1n) is 11.7. The summed E-state index contributed by atoms with van der Waals surface area (Å²) >= 11 is 0. The maximum atomic E-state index is 13.2. The van der Waals surface area contributed by atoms with Gasteiger partial charge in [-0.15, -0.1) is 0 Å². The SMILES string of the molecule is CC(=O)Nc1ccc(C(=O)OCC(=O)N2N=C3C(=Cc4ccco4)CCCC3C2c2ccco2)cc1. The smallest absolute Gasteiger partial charge is 0.338 e. The minimum atomic E-state index is -0.644. The van der Waals surface area contributed by atoms with E-state index < -0.39 is 24.5 Å². The van der Waals surface area contributed by atoms with E-state index in [0.717, 1.165) is 36.3 Å². The van der Waals surface area contributed by atoms with Gasteiger partial charge in [-0.25, -0.2) is 9.80 Å². The van der Waals surface area contributed by atoms with Gasteiger partial charge in [0.15, 0.2) is 6.61 Å². The monoisotopic (exact) mass is 487 g/mol. The Hall–Kier alpha value is -4.40. The van der Waals surface area contributed by atoms with Crippen molar-refractivity contribution < 1.29 is 28.0 Å². The van der Waals surface area contributed by atoms with Crippen LogP contribution in [-0.4, -0.2) is 35.1 Å². The van der Waals surface area contributed by atoms with E-state index in [2.05, 4.69) is 5.32 Å². The van der Waals surface area contributed by atoms with Crippen LogP contribution in [0.25, 0.3) is 6.08 Å². The van der Waals surface area contributed by atoms with Crippen molar-refractivity contribution in [2.24, 2.45) is 11.0 Å². The molecule has 36 heavy (non-hydrogen) atoms. The average Bonchev–Trinajstić information content (AvgIpc) is 3.63. The lowest BCUT2D eigenvalue weighted by molar-refractivity contribution is -0.137. The number of hydrogen-bond acceptors (Lipinski definition) is 7. The van der Waals surface area contributed by atoms with E-state index in [4.69, 9.17) is 18.7 Å². The molecule has 0 spiro atoms. The number of amides is 2. The third-order valence-corrected chi connectivity index (χ3v) is 6.22. The molecule has 1 saturated carbocycles. The summed E-state index contributed by atoms with van der Waals surface area (Å²) in [5.74, 6) is 0.0234. The molecule has 3 aromatic rings. The molecule has 1 aliphatic heterocycles. The van der Waals surface area contributed by atoms with Gasteiger partial charge in [0.05, 0.1) is 23.8 Å². The van der Waals surface area contributed by atoms with Gasteiger partial charge in [-0.3, -0.25) is 9.59 Å². The van der Waals surface area contributed by atoms with Crippen molar-refractivity contribution in [2.45, 2.75) is 32.2 Å². The van der Waals surface area contributed by atoms with Gasteiger partial charge in [-0.1, -0.05) is 0 Å². The second-order valence-electron chi connectivity index (χ2n) is 8.70. The van der Waals surface area contributed by atoms with Gasteiger partial charge in [0, 0.05) is 18.5 Å². The maximum absolute atomic E-state index is 13.2. The molecule has 9 heteroatoms. The molecule has 2 aliphatic rings. The number of allylic oxidation sites excluding steroid dienone is 1. The second kappa shape index (κ2) is 10.1. The number of nitrogens with one attached hydrogen (secondary N) is 1. The molecule has 2 unspecified atom stereocenters. The first-order valence-corrected chi connectivity index (χ1v) is 11.7. The largest absolute Gasteiger partial charge is 0.467 e. The first-order chi connectivity index (χ1) is 17.5. The Bertz CT molecular complexity index is 1310. The van der Waals surface area contributed by atoms with E-state index in [9.17, 15) is 14.4 Å². The van der Waals surface area contributed by atoms with Gasteiger partial charge in [0.2, 0.25) is 5.91 Å². The Labute approximate surface area is 207 Å². The molecule has 3 heterocycles. The van der Waals surface area contributed by atoms with Crippen LogP contribution >= 0.6 is 0 Å². The lowest BCUT2D eigenvalue weighted by atomic mass is 9.79. The van der Waals surface area contributed by atoms with E-state index >= 15 is 0 Å². The lowest BCUT2D eigenvalue weighted by Crippen LogP contribution is -2.34. The van der Waals surface area contributed by atoms with E-state index in [1.54, 1.807) is 30.7 Å². The van der Waals surface area contributed by atoms with Gasteiger partial charge in [0.25, 0.3) is 5.91 Å². The average molecular weight is 488 g/mol. The van der Waals surface area contributed by atoms with Crippen LogP contribution in [0.15, 0.2) is 80.6 Å². The van der Waals surface area contributed by atoms with Crippen LogP contribution < -0.4 is 5.32 Å². The number of anilines is 1. The highest BCUT2D eigenvalue weighted by molar-refractivity contribution is 6.08. The van der Waals surface area contributed by atoms with Gasteiger partial charge < -0.3 is 18.9 Å². The number of ether oxygens (including phenoxy) is 1. The summed E-state index contributed by atoms with van der Waals surface area (Å²) in [6.45, 7) is 0.932. The Balaban J connectivity index is 1.33. The van der Waals surface area contributed by atoms with E-state index in [0.29, 0.717) is 11.4 Å². The molecule has 2 amide bonds. The number of nitrogens with zero attached hydrogens (tertiary/aromatic N) is 2. The third-order valence-electron chi connectivity index (χ3n) is 6.22. The summed E-state index contributed by atoms with van der Waals surface area (Å²) in [6, 6.07) is 13.1. The van der Waals surface area contributed by atoms with Crippen LogP contribution in [0.4, 0.5) is 5.69 Å². The molecular formula is C27H25N3O6. The van der Waals surface area contributed by atoms with Crippen LogP contribution in [-0.2, 0) is 14.3 Å². The fraction of sp³-hybridized carbons (Fsp3) is 0.259. The Morgan fingerprint density at radius 1 is 1.11 bits per heavy atom. The summed E-state index contributed by atoms with van der Waals surface area (Å²) in [6.07, 6.45) is 7.77. The van der Waals surface area contributed by atoms with Crippen LogP contribution in [0.2, 0.25) is 0 Å².